The van der Waals surface area contributed by atoms with Crippen LogP contribution in [0.3, 0.4) is 0 Å². The predicted molar refractivity (Wildman–Crippen MR) is 160 cm³/mol. The van der Waals surface area contributed by atoms with E-state index in [4.69, 9.17) is 16.6 Å². The number of aryl methyl sites for hydroxylation is 1. The summed E-state index contributed by atoms with van der Waals surface area (Å²) in [6.07, 6.45) is 6.18. The minimum atomic E-state index is -0.900. The number of aromatic nitrogens is 1. The molecule has 0 aliphatic carbocycles. The van der Waals surface area contributed by atoms with Crippen LogP contribution in [0.15, 0.2) is 78.9 Å². The number of hydrogen-bond acceptors (Lipinski definition) is 4. The third-order valence-electron chi connectivity index (χ3n) is 6.36. The fraction of sp³-hybridized carbons (Fsp3) is 0.250. The topological polar surface area (TPSA) is 70.4 Å². The number of halogens is 1. The summed E-state index contributed by atoms with van der Waals surface area (Å²) in [4.78, 5) is 16.4. The van der Waals surface area contributed by atoms with Crippen molar-refractivity contribution < 1.29 is 15.0 Å². The Morgan fingerprint density at radius 1 is 1.03 bits per heavy atom. The second-order valence-corrected chi connectivity index (χ2v) is 11.7. The van der Waals surface area contributed by atoms with Crippen LogP contribution >= 0.6 is 23.4 Å². The average Bonchev–Trinajstić information content (AvgIpc) is 2.88. The van der Waals surface area contributed by atoms with E-state index in [2.05, 4.69) is 30.3 Å². The molecule has 0 aliphatic rings. The first-order valence-electron chi connectivity index (χ1n) is 12.7. The fourth-order valence-corrected chi connectivity index (χ4v) is 5.97. The van der Waals surface area contributed by atoms with Crippen molar-refractivity contribution in [3.63, 3.8) is 0 Å². The van der Waals surface area contributed by atoms with Crippen molar-refractivity contribution in [1.82, 2.24) is 4.98 Å². The standard InChI is InChI=1S/C32H32ClNO3S/c1-32(2,37)18-19-38-30(17-13-23-7-3-4-9-28(23)31(35)36)25-8-5-6-22(20-25)10-15-27-16-12-24-11-14-26(33)21-29(24)34-27/h3-12,14-16,20-21,30,37H,13,17-19H2,1-2H3,(H,35,36)/b15-10+. The number of hydrogen-bond donors (Lipinski definition) is 2. The van der Waals surface area contributed by atoms with Crippen LogP contribution in [-0.4, -0.2) is 32.5 Å². The number of aliphatic hydroxyl groups is 1. The summed E-state index contributed by atoms with van der Waals surface area (Å²) in [7, 11) is 0. The van der Waals surface area contributed by atoms with Crippen molar-refractivity contribution in [1.29, 1.82) is 0 Å². The Balaban J connectivity index is 1.54. The monoisotopic (exact) mass is 545 g/mol. The van der Waals surface area contributed by atoms with E-state index in [1.165, 1.54) is 5.56 Å². The molecule has 4 rings (SSSR count). The van der Waals surface area contributed by atoms with Gasteiger partial charge in [-0.3, -0.25) is 0 Å². The molecule has 38 heavy (non-hydrogen) atoms. The van der Waals surface area contributed by atoms with E-state index in [0.29, 0.717) is 23.4 Å². The summed E-state index contributed by atoms with van der Waals surface area (Å²) in [6.45, 7) is 3.65. The normalized spacial score (nSPS) is 12.7. The maximum atomic E-state index is 11.7. The van der Waals surface area contributed by atoms with Crippen LogP contribution in [0, 0.1) is 0 Å². The molecule has 0 saturated carbocycles. The Bertz CT molecular complexity index is 1440. The molecule has 196 valence electrons. The maximum absolute atomic E-state index is 11.7. The molecule has 0 bridgehead atoms. The highest BCUT2D eigenvalue weighted by molar-refractivity contribution is 7.99. The summed E-state index contributed by atoms with van der Waals surface area (Å²) >= 11 is 7.94. The molecule has 2 N–H and O–H groups in total. The van der Waals surface area contributed by atoms with E-state index in [1.807, 2.05) is 62.4 Å². The van der Waals surface area contributed by atoms with E-state index in [-0.39, 0.29) is 5.25 Å². The van der Waals surface area contributed by atoms with Gasteiger partial charge in [0, 0.05) is 15.7 Å². The van der Waals surface area contributed by atoms with E-state index in [9.17, 15) is 15.0 Å². The number of carboxylic acids is 1. The molecule has 4 aromatic rings. The van der Waals surface area contributed by atoms with Crippen LogP contribution in [0.4, 0.5) is 0 Å². The second-order valence-electron chi connectivity index (χ2n) is 10.00. The third-order valence-corrected chi connectivity index (χ3v) is 7.95. The Hall–Kier alpha value is -3.12. The van der Waals surface area contributed by atoms with Gasteiger partial charge in [0.25, 0.3) is 0 Å². The molecule has 1 aromatic heterocycles. The zero-order valence-electron chi connectivity index (χ0n) is 21.6. The van der Waals surface area contributed by atoms with Crippen molar-refractivity contribution in [3.05, 3.63) is 112 Å². The molecule has 0 spiro atoms. The highest BCUT2D eigenvalue weighted by atomic mass is 35.5. The number of benzene rings is 3. The third kappa shape index (κ3) is 7.94. The van der Waals surface area contributed by atoms with Crippen LogP contribution in [0.5, 0.6) is 0 Å². The SMILES string of the molecule is CC(C)(O)CCSC(CCc1ccccc1C(=O)O)c1cccc(/C=C/c2ccc3ccc(Cl)cc3n2)c1. The van der Waals surface area contributed by atoms with Crippen LogP contribution in [0.25, 0.3) is 23.1 Å². The van der Waals surface area contributed by atoms with Gasteiger partial charge in [0.2, 0.25) is 0 Å². The molecule has 0 saturated heterocycles. The number of thioether (sulfide) groups is 1. The lowest BCUT2D eigenvalue weighted by atomic mass is 9.98. The van der Waals surface area contributed by atoms with Gasteiger partial charge in [0.15, 0.2) is 0 Å². The lowest BCUT2D eigenvalue weighted by Gasteiger charge is -2.21. The minimum Gasteiger partial charge on any atom is -0.478 e. The van der Waals surface area contributed by atoms with Crippen LogP contribution in [0.2, 0.25) is 5.02 Å². The summed E-state index contributed by atoms with van der Waals surface area (Å²) < 4.78 is 0. The van der Waals surface area contributed by atoms with Crippen molar-refractivity contribution in [2.75, 3.05) is 5.75 Å². The zero-order valence-corrected chi connectivity index (χ0v) is 23.2. The molecule has 3 aromatic carbocycles. The summed E-state index contributed by atoms with van der Waals surface area (Å²) in [5, 5.41) is 21.7. The van der Waals surface area contributed by atoms with E-state index in [0.717, 1.165) is 39.9 Å². The Kier molecular flexibility index (Phi) is 9.26. The van der Waals surface area contributed by atoms with Gasteiger partial charge in [-0.25, -0.2) is 9.78 Å². The molecule has 4 nitrogen and oxygen atoms in total. The predicted octanol–water partition coefficient (Wildman–Crippen LogP) is 8.32. The number of carbonyl (C=O) groups is 1. The lowest BCUT2D eigenvalue weighted by Crippen LogP contribution is -2.19. The molecule has 0 fully saturated rings. The van der Waals surface area contributed by atoms with E-state index in [1.54, 1.807) is 23.9 Å². The van der Waals surface area contributed by atoms with Crippen LogP contribution in [0.1, 0.15) is 64.7 Å². The van der Waals surface area contributed by atoms with Gasteiger partial charge in [0.05, 0.1) is 22.4 Å². The van der Waals surface area contributed by atoms with E-state index < -0.39 is 11.6 Å². The number of rotatable bonds is 11. The van der Waals surface area contributed by atoms with Crippen LogP contribution < -0.4 is 0 Å². The summed E-state index contributed by atoms with van der Waals surface area (Å²) in [6, 6.07) is 25.4. The molecule has 1 atom stereocenters. The second kappa shape index (κ2) is 12.6. The highest BCUT2D eigenvalue weighted by Gasteiger charge is 2.18. The van der Waals surface area contributed by atoms with Crippen LogP contribution in [-0.2, 0) is 6.42 Å². The Morgan fingerprint density at radius 3 is 2.61 bits per heavy atom. The Morgan fingerprint density at radius 2 is 1.82 bits per heavy atom. The largest absolute Gasteiger partial charge is 0.478 e. The Labute approximate surface area is 233 Å². The molecule has 6 heteroatoms. The molecule has 1 heterocycles. The van der Waals surface area contributed by atoms with Crippen molar-refractivity contribution >= 4 is 52.4 Å². The molecule has 1 unspecified atom stereocenters. The number of aromatic carboxylic acids is 1. The molecule has 0 amide bonds. The van der Waals surface area contributed by atoms with Gasteiger partial charge in [0.1, 0.15) is 0 Å². The number of carboxylic acid groups (broad SMARTS) is 1. The first kappa shape index (κ1) is 27.9. The number of pyridine rings is 1. The first-order chi connectivity index (χ1) is 18.2. The molecule has 0 radical (unpaired) electrons. The smallest absolute Gasteiger partial charge is 0.335 e. The molecular weight excluding hydrogens is 514 g/mol. The van der Waals surface area contributed by atoms with Gasteiger partial charge < -0.3 is 10.2 Å². The van der Waals surface area contributed by atoms with Crippen molar-refractivity contribution in [3.8, 4) is 0 Å². The van der Waals surface area contributed by atoms with Crippen molar-refractivity contribution in [2.24, 2.45) is 0 Å². The number of nitrogens with zero attached hydrogens (tertiary/aromatic N) is 1. The molecular formula is C32H32ClNO3S. The first-order valence-corrected chi connectivity index (χ1v) is 14.1. The quantitative estimate of drug-likeness (QED) is 0.198. The van der Waals surface area contributed by atoms with Gasteiger partial charge in [-0.2, -0.15) is 11.8 Å². The van der Waals surface area contributed by atoms with Gasteiger partial charge in [-0.1, -0.05) is 72.3 Å². The average molecular weight is 546 g/mol. The van der Waals surface area contributed by atoms with E-state index >= 15 is 0 Å². The minimum absolute atomic E-state index is 0.161. The fourth-order valence-electron chi connectivity index (χ4n) is 4.27. The maximum Gasteiger partial charge on any atom is 0.335 e. The van der Waals surface area contributed by atoms with Gasteiger partial charge >= 0.3 is 5.97 Å². The zero-order chi connectivity index (χ0) is 27.1. The highest BCUT2D eigenvalue weighted by Crippen LogP contribution is 2.35. The van der Waals surface area contributed by atoms with Gasteiger partial charge in [-0.05, 0) is 85.9 Å². The van der Waals surface area contributed by atoms with Gasteiger partial charge in [-0.15, -0.1) is 0 Å². The lowest BCUT2D eigenvalue weighted by molar-refractivity contribution is 0.0694. The number of fused-ring (bicyclic) bond motifs is 1. The summed E-state index contributed by atoms with van der Waals surface area (Å²) in [5.41, 5.74) is 4.42. The summed E-state index contributed by atoms with van der Waals surface area (Å²) in [5.74, 6) is -0.0956. The molecule has 0 aliphatic heterocycles. The van der Waals surface area contributed by atoms with Crippen molar-refractivity contribution in [2.45, 2.75) is 44.0 Å².